The molecule has 0 fully saturated rings. The SMILES string of the molecule is COC(=O)c1ccc2c(=O)n(-c3c(C)ccc(OC)c3C)c(N)c(C#N)c2n1. The number of fused-ring (bicyclic) bond motifs is 1. The first kappa shape index (κ1) is 18.9. The van der Waals surface area contributed by atoms with Gasteiger partial charge in [-0.25, -0.2) is 9.78 Å². The number of pyridine rings is 2. The summed E-state index contributed by atoms with van der Waals surface area (Å²) >= 11 is 0. The smallest absolute Gasteiger partial charge is 0.356 e. The summed E-state index contributed by atoms with van der Waals surface area (Å²) in [5.41, 5.74) is 7.85. The van der Waals surface area contributed by atoms with Crippen LogP contribution in [0.15, 0.2) is 29.1 Å². The molecule has 8 heteroatoms. The Morgan fingerprint density at radius 3 is 2.54 bits per heavy atom. The number of hydrogen-bond acceptors (Lipinski definition) is 7. The zero-order valence-electron chi connectivity index (χ0n) is 15.9. The van der Waals surface area contributed by atoms with Gasteiger partial charge in [0.25, 0.3) is 5.56 Å². The van der Waals surface area contributed by atoms with E-state index in [2.05, 4.69) is 9.72 Å². The van der Waals surface area contributed by atoms with Crippen molar-refractivity contribution in [2.24, 2.45) is 0 Å². The second kappa shape index (κ2) is 7.04. The second-order valence-corrected chi connectivity index (χ2v) is 6.16. The normalized spacial score (nSPS) is 10.5. The highest BCUT2D eigenvalue weighted by molar-refractivity contribution is 5.94. The number of aryl methyl sites for hydroxylation is 1. The number of hydrogen-bond donors (Lipinski definition) is 1. The van der Waals surface area contributed by atoms with Crippen molar-refractivity contribution in [1.82, 2.24) is 9.55 Å². The molecule has 0 bridgehead atoms. The van der Waals surface area contributed by atoms with Crippen molar-refractivity contribution in [1.29, 1.82) is 5.26 Å². The minimum atomic E-state index is -0.673. The average Bonchev–Trinajstić information content (AvgIpc) is 2.69. The first-order valence-corrected chi connectivity index (χ1v) is 8.33. The molecule has 8 nitrogen and oxygen atoms in total. The third-order valence-corrected chi connectivity index (χ3v) is 4.60. The van der Waals surface area contributed by atoms with Crippen molar-refractivity contribution in [3.05, 3.63) is 57.0 Å². The number of methoxy groups -OCH3 is 2. The number of ether oxygens (including phenoxy) is 2. The monoisotopic (exact) mass is 378 g/mol. The molecule has 0 saturated carbocycles. The summed E-state index contributed by atoms with van der Waals surface area (Å²) < 4.78 is 11.3. The van der Waals surface area contributed by atoms with E-state index in [0.29, 0.717) is 17.0 Å². The van der Waals surface area contributed by atoms with Crippen LogP contribution in [0, 0.1) is 25.2 Å². The fourth-order valence-electron chi connectivity index (χ4n) is 3.22. The van der Waals surface area contributed by atoms with Crippen LogP contribution in [-0.2, 0) is 4.74 Å². The number of nitrogens with zero attached hydrogens (tertiary/aromatic N) is 3. The Balaban J connectivity index is 2.47. The number of esters is 1. The number of nitrogen functional groups attached to an aromatic ring is 1. The van der Waals surface area contributed by atoms with Crippen molar-refractivity contribution < 1.29 is 14.3 Å². The van der Waals surface area contributed by atoms with E-state index in [1.807, 2.05) is 26.0 Å². The highest BCUT2D eigenvalue weighted by Crippen LogP contribution is 2.30. The van der Waals surface area contributed by atoms with Gasteiger partial charge in [0, 0.05) is 5.56 Å². The first-order valence-electron chi connectivity index (χ1n) is 8.33. The Labute approximate surface area is 160 Å². The molecule has 0 amide bonds. The first-order chi connectivity index (χ1) is 13.3. The number of aromatic nitrogens is 2. The van der Waals surface area contributed by atoms with Gasteiger partial charge in [0.2, 0.25) is 0 Å². The minimum absolute atomic E-state index is 0.00183. The van der Waals surface area contributed by atoms with Gasteiger partial charge in [-0.1, -0.05) is 6.07 Å². The van der Waals surface area contributed by atoms with Gasteiger partial charge in [0.1, 0.15) is 28.9 Å². The maximum atomic E-state index is 13.2. The van der Waals surface area contributed by atoms with Crippen molar-refractivity contribution in [2.45, 2.75) is 13.8 Å². The van der Waals surface area contributed by atoms with E-state index < -0.39 is 11.5 Å². The van der Waals surface area contributed by atoms with Gasteiger partial charge in [-0.05, 0) is 37.6 Å². The quantitative estimate of drug-likeness (QED) is 0.694. The standard InChI is InChI=1S/C20H18N4O4/c1-10-5-8-15(27-3)11(2)17(10)24-18(22)13(9-21)16-12(19(24)25)6-7-14(23-16)20(26)28-4/h5-8H,22H2,1-4H3. The summed E-state index contributed by atoms with van der Waals surface area (Å²) in [6.07, 6.45) is 0. The molecule has 0 aliphatic heterocycles. The van der Waals surface area contributed by atoms with Crippen molar-refractivity contribution >= 4 is 22.7 Å². The van der Waals surface area contributed by atoms with Gasteiger partial charge < -0.3 is 15.2 Å². The molecule has 1 aromatic carbocycles. The van der Waals surface area contributed by atoms with Crippen molar-refractivity contribution in [2.75, 3.05) is 20.0 Å². The minimum Gasteiger partial charge on any atom is -0.496 e. The van der Waals surface area contributed by atoms with E-state index in [9.17, 15) is 14.9 Å². The van der Waals surface area contributed by atoms with Crippen LogP contribution in [0.2, 0.25) is 0 Å². The van der Waals surface area contributed by atoms with Gasteiger partial charge in [0.15, 0.2) is 0 Å². The largest absolute Gasteiger partial charge is 0.496 e. The predicted molar refractivity (Wildman–Crippen MR) is 104 cm³/mol. The topological polar surface area (TPSA) is 120 Å². The molecule has 142 valence electrons. The molecular formula is C20H18N4O4. The molecule has 0 aliphatic rings. The van der Waals surface area contributed by atoms with Crippen LogP contribution in [0.3, 0.4) is 0 Å². The lowest BCUT2D eigenvalue weighted by atomic mass is 10.1. The molecule has 0 atom stereocenters. The number of nitrogens with two attached hydrogens (primary N) is 1. The molecular weight excluding hydrogens is 360 g/mol. The summed E-state index contributed by atoms with van der Waals surface area (Å²) in [5, 5.41) is 9.85. The number of rotatable bonds is 3. The predicted octanol–water partition coefficient (Wildman–Crippen LogP) is 2.25. The number of carbonyl (C=O) groups excluding carboxylic acids is 1. The molecule has 28 heavy (non-hydrogen) atoms. The second-order valence-electron chi connectivity index (χ2n) is 6.16. The lowest BCUT2D eigenvalue weighted by molar-refractivity contribution is 0.0594. The third-order valence-electron chi connectivity index (χ3n) is 4.60. The van der Waals surface area contributed by atoms with Crippen LogP contribution in [0.4, 0.5) is 5.82 Å². The Morgan fingerprint density at radius 1 is 1.21 bits per heavy atom. The van der Waals surface area contributed by atoms with E-state index in [4.69, 9.17) is 10.5 Å². The van der Waals surface area contributed by atoms with E-state index in [1.54, 1.807) is 6.07 Å². The molecule has 0 saturated heterocycles. The van der Waals surface area contributed by atoms with Gasteiger partial charge in [-0.2, -0.15) is 5.26 Å². The summed E-state index contributed by atoms with van der Waals surface area (Å²) in [4.78, 5) is 29.2. The lowest BCUT2D eigenvalue weighted by Crippen LogP contribution is -2.25. The van der Waals surface area contributed by atoms with E-state index in [1.165, 1.54) is 30.9 Å². The van der Waals surface area contributed by atoms with Crippen LogP contribution >= 0.6 is 0 Å². The Morgan fingerprint density at radius 2 is 1.93 bits per heavy atom. The molecule has 3 rings (SSSR count). The highest BCUT2D eigenvalue weighted by Gasteiger charge is 2.22. The maximum absolute atomic E-state index is 13.2. The molecule has 0 unspecified atom stereocenters. The molecule has 3 aromatic rings. The Hall–Kier alpha value is -3.86. The fourth-order valence-corrected chi connectivity index (χ4v) is 3.22. The van der Waals surface area contributed by atoms with Crippen LogP contribution < -0.4 is 16.0 Å². The number of nitriles is 1. The van der Waals surface area contributed by atoms with E-state index in [-0.39, 0.29) is 28.0 Å². The molecule has 0 spiro atoms. The van der Waals surface area contributed by atoms with Crippen molar-refractivity contribution in [3.63, 3.8) is 0 Å². The van der Waals surface area contributed by atoms with Gasteiger partial charge >= 0.3 is 5.97 Å². The summed E-state index contributed by atoms with van der Waals surface area (Å²) in [6.45, 7) is 3.64. The number of benzene rings is 1. The molecule has 0 radical (unpaired) electrons. The third kappa shape index (κ3) is 2.74. The zero-order valence-corrected chi connectivity index (χ0v) is 15.9. The summed E-state index contributed by atoms with van der Waals surface area (Å²) in [6, 6.07) is 8.42. The average molecular weight is 378 g/mol. The number of anilines is 1. The Kier molecular flexibility index (Phi) is 4.76. The molecule has 2 N–H and O–H groups in total. The molecule has 2 heterocycles. The highest BCUT2D eigenvalue weighted by atomic mass is 16.5. The van der Waals surface area contributed by atoms with Crippen LogP contribution in [0.25, 0.3) is 16.6 Å². The summed E-state index contributed by atoms with van der Waals surface area (Å²) in [7, 11) is 2.76. The van der Waals surface area contributed by atoms with Gasteiger partial charge in [-0.3, -0.25) is 9.36 Å². The zero-order chi connectivity index (χ0) is 20.6. The van der Waals surface area contributed by atoms with Gasteiger partial charge in [0.05, 0.1) is 30.8 Å². The fraction of sp³-hybridized carbons (Fsp3) is 0.200. The maximum Gasteiger partial charge on any atom is 0.356 e. The van der Waals surface area contributed by atoms with Crippen molar-refractivity contribution in [3.8, 4) is 17.5 Å². The number of carbonyl (C=O) groups is 1. The Bertz CT molecular complexity index is 1220. The van der Waals surface area contributed by atoms with E-state index in [0.717, 1.165) is 5.56 Å². The van der Waals surface area contributed by atoms with Crippen LogP contribution in [0.5, 0.6) is 5.75 Å². The summed E-state index contributed by atoms with van der Waals surface area (Å²) in [5.74, 6) is -0.147. The molecule has 0 aliphatic carbocycles. The van der Waals surface area contributed by atoms with E-state index >= 15 is 0 Å². The van der Waals surface area contributed by atoms with Gasteiger partial charge in [-0.15, -0.1) is 0 Å². The lowest BCUT2D eigenvalue weighted by Gasteiger charge is -2.19. The molecule has 2 aromatic heterocycles. The van der Waals surface area contributed by atoms with Crippen LogP contribution in [0.1, 0.15) is 27.2 Å². The van der Waals surface area contributed by atoms with Crippen LogP contribution in [-0.4, -0.2) is 29.7 Å².